The summed E-state index contributed by atoms with van der Waals surface area (Å²) < 4.78 is 5.13. The van der Waals surface area contributed by atoms with Gasteiger partial charge in [-0.3, -0.25) is 0 Å². The van der Waals surface area contributed by atoms with Crippen molar-refractivity contribution in [3.8, 4) is 0 Å². The first-order valence-corrected chi connectivity index (χ1v) is 10.8. The van der Waals surface area contributed by atoms with Crippen LogP contribution in [0.5, 0.6) is 0 Å². The molecular formula is C22H43NO2. The molecule has 2 N–H and O–H groups in total. The second-order valence-corrected chi connectivity index (χ2v) is 7.29. The van der Waals surface area contributed by atoms with E-state index in [4.69, 9.17) is 10.5 Å². The third kappa shape index (κ3) is 17.6. The Morgan fingerprint density at radius 1 is 0.720 bits per heavy atom. The first kappa shape index (κ1) is 24.0. The van der Waals surface area contributed by atoms with Gasteiger partial charge in [-0.2, -0.15) is 0 Å². The van der Waals surface area contributed by atoms with Crippen LogP contribution in [0.1, 0.15) is 117 Å². The topological polar surface area (TPSA) is 52.3 Å². The molecule has 0 rings (SSSR count). The minimum atomic E-state index is -0.288. The minimum absolute atomic E-state index is 0.288. The van der Waals surface area contributed by atoms with Crippen molar-refractivity contribution in [1.82, 2.24) is 0 Å². The molecular weight excluding hydrogens is 310 g/mol. The molecule has 3 nitrogen and oxygen atoms in total. The van der Waals surface area contributed by atoms with E-state index in [2.05, 4.69) is 6.92 Å². The molecule has 0 aliphatic heterocycles. The minimum Gasteiger partial charge on any atom is -0.462 e. The largest absolute Gasteiger partial charge is 0.462 e. The van der Waals surface area contributed by atoms with E-state index in [1.165, 1.54) is 96.1 Å². The zero-order chi connectivity index (χ0) is 18.6. The van der Waals surface area contributed by atoms with Crippen LogP contribution in [0.2, 0.25) is 0 Å². The van der Waals surface area contributed by atoms with Crippen molar-refractivity contribution in [3.63, 3.8) is 0 Å². The Bertz CT molecular complexity index is 326. The average Bonchev–Trinajstić information content (AvgIpc) is 2.63. The highest BCUT2D eigenvalue weighted by Gasteiger charge is 2.03. The molecule has 0 saturated carbocycles. The summed E-state index contributed by atoms with van der Waals surface area (Å²) >= 11 is 0. The number of hydrogen-bond donors (Lipinski definition) is 1. The zero-order valence-corrected chi connectivity index (χ0v) is 17.0. The summed E-state index contributed by atoms with van der Waals surface area (Å²) in [6.07, 6.45) is 22.9. The summed E-state index contributed by atoms with van der Waals surface area (Å²) in [5, 5.41) is 0. The van der Waals surface area contributed by atoms with Crippen LogP contribution in [0.3, 0.4) is 0 Å². The van der Waals surface area contributed by atoms with Crippen LogP contribution in [0.4, 0.5) is 0 Å². The van der Waals surface area contributed by atoms with Gasteiger partial charge in [0.1, 0.15) is 0 Å². The lowest BCUT2D eigenvalue weighted by molar-refractivity contribution is -0.139. The van der Waals surface area contributed by atoms with E-state index in [0.29, 0.717) is 12.2 Å². The number of nitrogens with two attached hydrogens (primary N) is 1. The third-order valence-corrected chi connectivity index (χ3v) is 4.80. The molecule has 0 aliphatic rings. The number of carbonyl (C=O) groups is 1. The first-order valence-electron chi connectivity index (χ1n) is 10.8. The molecule has 0 fully saturated rings. The molecule has 0 unspecified atom stereocenters. The van der Waals surface area contributed by atoms with Crippen molar-refractivity contribution < 1.29 is 9.53 Å². The summed E-state index contributed by atoms with van der Waals surface area (Å²) in [4.78, 5) is 11.4. The average molecular weight is 354 g/mol. The Kier molecular flexibility index (Phi) is 18.6. The molecule has 0 atom stereocenters. The predicted molar refractivity (Wildman–Crippen MR) is 108 cm³/mol. The number of rotatable bonds is 18. The van der Waals surface area contributed by atoms with E-state index in [1.807, 2.05) is 0 Å². The van der Waals surface area contributed by atoms with Gasteiger partial charge >= 0.3 is 5.97 Å². The molecule has 0 bridgehead atoms. The predicted octanol–water partition coefficient (Wildman–Crippen LogP) is 6.65. The van der Waals surface area contributed by atoms with Crippen molar-refractivity contribution in [1.29, 1.82) is 0 Å². The van der Waals surface area contributed by atoms with E-state index in [0.717, 1.165) is 12.8 Å². The van der Waals surface area contributed by atoms with Gasteiger partial charge in [-0.15, -0.1) is 0 Å². The maximum atomic E-state index is 11.4. The quantitative estimate of drug-likeness (QED) is 0.170. The van der Waals surface area contributed by atoms with Crippen LogP contribution < -0.4 is 5.73 Å². The van der Waals surface area contributed by atoms with E-state index in [1.54, 1.807) is 6.92 Å². The highest BCUT2D eigenvalue weighted by atomic mass is 16.5. The van der Waals surface area contributed by atoms with Crippen molar-refractivity contribution in [2.24, 2.45) is 5.73 Å². The SMILES string of the molecule is CCCCCCCCCCCCCCCCCCOC(=O)C(C)=CN. The van der Waals surface area contributed by atoms with Gasteiger partial charge in [0.25, 0.3) is 0 Å². The third-order valence-electron chi connectivity index (χ3n) is 4.80. The lowest BCUT2D eigenvalue weighted by Crippen LogP contribution is -2.08. The fraction of sp³-hybridized carbons (Fsp3) is 0.864. The van der Waals surface area contributed by atoms with Crippen molar-refractivity contribution >= 4 is 5.97 Å². The van der Waals surface area contributed by atoms with Crippen molar-refractivity contribution in [2.75, 3.05) is 6.61 Å². The smallest absolute Gasteiger partial charge is 0.335 e. The normalized spacial score (nSPS) is 11.7. The highest BCUT2D eigenvalue weighted by Crippen LogP contribution is 2.13. The van der Waals surface area contributed by atoms with Gasteiger partial charge in [-0.1, -0.05) is 103 Å². The number of hydrogen-bond acceptors (Lipinski definition) is 3. The van der Waals surface area contributed by atoms with E-state index >= 15 is 0 Å². The Balaban J connectivity index is 3.11. The molecule has 0 radical (unpaired) electrons. The summed E-state index contributed by atoms with van der Waals surface area (Å²) in [6, 6.07) is 0. The van der Waals surface area contributed by atoms with E-state index < -0.39 is 0 Å². The van der Waals surface area contributed by atoms with Crippen molar-refractivity contribution in [2.45, 2.75) is 117 Å². The molecule has 0 amide bonds. The zero-order valence-electron chi connectivity index (χ0n) is 17.0. The van der Waals surface area contributed by atoms with Gasteiger partial charge in [0, 0.05) is 11.8 Å². The second-order valence-electron chi connectivity index (χ2n) is 7.29. The molecule has 148 valence electrons. The number of unbranched alkanes of at least 4 members (excludes halogenated alkanes) is 15. The molecule has 0 aromatic rings. The maximum absolute atomic E-state index is 11.4. The van der Waals surface area contributed by atoms with E-state index in [9.17, 15) is 4.79 Å². The van der Waals surface area contributed by atoms with Crippen LogP contribution in [0, 0.1) is 0 Å². The Morgan fingerprint density at radius 2 is 1.08 bits per heavy atom. The standard InChI is InChI=1S/C22H43NO2/c1-3-4-5-6-7-8-9-10-11-12-13-14-15-16-17-18-19-25-22(24)21(2)20-23/h20H,3-19,23H2,1-2H3. The molecule has 0 saturated heterocycles. The van der Waals surface area contributed by atoms with Crippen molar-refractivity contribution in [3.05, 3.63) is 11.8 Å². The van der Waals surface area contributed by atoms with Gasteiger partial charge in [0.15, 0.2) is 0 Å². The molecule has 0 heterocycles. The summed E-state index contributed by atoms with van der Waals surface area (Å²) in [6.45, 7) is 4.47. The molecule has 3 heteroatoms. The molecule has 0 aromatic carbocycles. The van der Waals surface area contributed by atoms with Crippen LogP contribution in [0.15, 0.2) is 11.8 Å². The van der Waals surface area contributed by atoms with Gasteiger partial charge in [0.2, 0.25) is 0 Å². The summed E-state index contributed by atoms with van der Waals surface area (Å²) in [5.74, 6) is -0.288. The molecule has 0 aliphatic carbocycles. The van der Waals surface area contributed by atoms with Gasteiger partial charge in [0.05, 0.1) is 6.61 Å². The second kappa shape index (κ2) is 19.3. The van der Waals surface area contributed by atoms with Crippen LogP contribution in [-0.4, -0.2) is 12.6 Å². The monoisotopic (exact) mass is 353 g/mol. The molecule has 0 aromatic heterocycles. The van der Waals surface area contributed by atoms with Gasteiger partial charge in [-0.25, -0.2) is 4.79 Å². The number of ether oxygens (including phenoxy) is 1. The van der Waals surface area contributed by atoms with Crippen LogP contribution >= 0.6 is 0 Å². The van der Waals surface area contributed by atoms with Crippen LogP contribution in [-0.2, 0) is 9.53 Å². The fourth-order valence-corrected chi connectivity index (χ4v) is 3.00. The lowest BCUT2D eigenvalue weighted by atomic mass is 10.0. The first-order chi connectivity index (χ1) is 12.2. The number of carbonyl (C=O) groups excluding carboxylic acids is 1. The Hall–Kier alpha value is -0.990. The number of esters is 1. The fourth-order valence-electron chi connectivity index (χ4n) is 3.00. The van der Waals surface area contributed by atoms with Gasteiger partial charge < -0.3 is 10.5 Å². The highest BCUT2D eigenvalue weighted by molar-refractivity contribution is 5.87. The molecule has 25 heavy (non-hydrogen) atoms. The lowest BCUT2D eigenvalue weighted by Gasteiger charge is -2.05. The maximum Gasteiger partial charge on any atom is 0.335 e. The summed E-state index contributed by atoms with van der Waals surface area (Å²) in [7, 11) is 0. The molecule has 0 spiro atoms. The van der Waals surface area contributed by atoms with E-state index in [-0.39, 0.29) is 5.97 Å². The van der Waals surface area contributed by atoms with Crippen LogP contribution in [0.25, 0.3) is 0 Å². The Labute approximate surface area is 156 Å². The summed E-state index contributed by atoms with van der Waals surface area (Å²) in [5.41, 5.74) is 5.76. The van der Waals surface area contributed by atoms with Gasteiger partial charge in [-0.05, 0) is 13.3 Å². The Morgan fingerprint density at radius 3 is 1.44 bits per heavy atom.